The Balaban J connectivity index is 1.45. The van der Waals surface area contributed by atoms with Crippen molar-refractivity contribution in [2.24, 2.45) is 11.8 Å². The largest absolute Gasteiger partial charge is 0.441 e. The number of amides is 1. The number of rotatable bonds is 5. The van der Waals surface area contributed by atoms with Crippen LogP contribution in [0.2, 0.25) is 0 Å². The first kappa shape index (κ1) is 17.0. The van der Waals surface area contributed by atoms with Gasteiger partial charge in [0.05, 0.1) is 6.54 Å². The quantitative estimate of drug-likeness (QED) is 0.843. The van der Waals surface area contributed by atoms with Crippen molar-refractivity contribution >= 4 is 6.09 Å². The van der Waals surface area contributed by atoms with Gasteiger partial charge in [-0.15, -0.1) is 0 Å². The van der Waals surface area contributed by atoms with Crippen LogP contribution in [-0.4, -0.2) is 67.3 Å². The van der Waals surface area contributed by atoms with Gasteiger partial charge in [-0.2, -0.15) is 0 Å². The van der Waals surface area contributed by atoms with Crippen molar-refractivity contribution in [3.8, 4) is 0 Å². The number of hydrogen-bond acceptors (Lipinski definition) is 4. The Morgan fingerprint density at radius 2 is 2.13 bits per heavy atom. The van der Waals surface area contributed by atoms with Crippen LogP contribution in [-0.2, 0) is 4.74 Å². The van der Waals surface area contributed by atoms with Gasteiger partial charge in [-0.1, -0.05) is 13.8 Å². The number of hydrogen-bond donors (Lipinski definition) is 1. The topological polar surface area (TPSA) is 44.8 Å². The minimum Gasteiger partial charge on any atom is -0.441 e. The molecule has 1 N–H and O–H groups in total. The lowest BCUT2D eigenvalue weighted by Gasteiger charge is -2.39. The SMILES string of the molecule is CC(C)CCN1CC2(CCN(C[C@H]3CCCNC3)CC2)OC1=O. The smallest absolute Gasteiger partial charge is 0.410 e. The summed E-state index contributed by atoms with van der Waals surface area (Å²) in [6.07, 6.45) is 5.63. The van der Waals surface area contributed by atoms with Gasteiger partial charge in [0.1, 0.15) is 5.60 Å². The van der Waals surface area contributed by atoms with E-state index in [4.69, 9.17) is 4.74 Å². The average molecular weight is 323 g/mol. The van der Waals surface area contributed by atoms with Crippen LogP contribution < -0.4 is 5.32 Å². The summed E-state index contributed by atoms with van der Waals surface area (Å²) in [5, 5.41) is 3.51. The molecule has 3 saturated heterocycles. The summed E-state index contributed by atoms with van der Waals surface area (Å²) in [5.41, 5.74) is -0.199. The standard InChI is InChI=1S/C18H33N3O2/c1-15(2)5-9-21-14-18(23-17(21)22)6-10-20(11-7-18)13-16-4-3-8-19-12-16/h15-16,19H,3-14H2,1-2H3/t16-/m0/s1. The highest BCUT2D eigenvalue weighted by molar-refractivity contribution is 5.70. The predicted molar refractivity (Wildman–Crippen MR) is 91.5 cm³/mol. The Labute approximate surface area is 140 Å². The van der Waals surface area contributed by atoms with E-state index in [-0.39, 0.29) is 11.7 Å². The molecule has 0 aromatic carbocycles. The molecule has 0 aromatic heterocycles. The lowest BCUT2D eigenvalue weighted by molar-refractivity contribution is -0.00339. The van der Waals surface area contributed by atoms with Crippen LogP contribution in [0.3, 0.4) is 0 Å². The fourth-order valence-corrected chi connectivity index (χ4v) is 4.13. The van der Waals surface area contributed by atoms with Gasteiger partial charge >= 0.3 is 6.09 Å². The first-order chi connectivity index (χ1) is 11.1. The van der Waals surface area contributed by atoms with Crippen molar-refractivity contribution < 1.29 is 9.53 Å². The Hall–Kier alpha value is -0.810. The molecule has 0 aliphatic carbocycles. The van der Waals surface area contributed by atoms with E-state index in [2.05, 4.69) is 24.1 Å². The highest BCUT2D eigenvalue weighted by atomic mass is 16.6. The van der Waals surface area contributed by atoms with Crippen molar-refractivity contribution in [3.05, 3.63) is 0 Å². The molecule has 5 nitrogen and oxygen atoms in total. The normalized spacial score (nSPS) is 28.6. The maximum absolute atomic E-state index is 12.1. The number of likely N-dealkylation sites (tertiary alicyclic amines) is 1. The summed E-state index contributed by atoms with van der Waals surface area (Å²) in [4.78, 5) is 16.6. The van der Waals surface area contributed by atoms with Gasteiger partial charge < -0.3 is 19.9 Å². The molecule has 1 spiro atoms. The van der Waals surface area contributed by atoms with E-state index in [0.29, 0.717) is 5.92 Å². The summed E-state index contributed by atoms with van der Waals surface area (Å²) < 4.78 is 5.82. The zero-order valence-electron chi connectivity index (χ0n) is 14.9. The van der Waals surface area contributed by atoms with Crippen LogP contribution in [0.1, 0.15) is 46.0 Å². The summed E-state index contributed by atoms with van der Waals surface area (Å²) in [6.45, 7) is 11.7. The fourth-order valence-electron chi connectivity index (χ4n) is 4.13. The first-order valence-electron chi connectivity index (χ1n) is 9.47. The summed E-state index contributed by atoms with van der Waals surface area (Å²) >= 11 is 0. The van der Waals surface area contributed by atoms with Gasteiger partial charge in [0.2, 0.25) is 0 Å². The number of carbonyl (C=O) groups is 1. The zero-order valence-corrected chi connectivity index (χ0v) is 14.9. The Morgan fingerprint density at radius 3 is 2.78 bits per heavy atom. The molecular weight excluding hydrogens is 290 g/mol. The molecule has 1 atom stereocenters. The molecule has 3 rings (SSSR count). The minimum absolute atomic E-state index is 0.0874. The third-order valence-corrected chi connectivity index (χ3v) is 5.70. The highest BCUT2D eigenvalue weighted by Crippen LogP contribution is 2.33. The number of carbonyl (C=O) groups excluding carboxylic acids is 1. The second-order valence-corrected chi connectivity index (χ2v) is 8.17. The molecule has 0 radical (unpaired) electrons. The monoisotopic (exact) mass is 323 g/mol. The molecule has 0 saturated carbocycles. The van der Waals surface area contributed by atoms with Gasteiger partial charge in [-0.25, -0.2) is 4.79 Å². The minimum atomic E-state index is -0.199. The van der Waals surface area contributed by atoms with Crippen LogP contribution in [0.25, 0.3) is 0 Å². The molecule has 23 heavy (non-hydrogen) atoms. The Kier molecular flexibility index (Phi) is 5.47. The zero-order chi connectivity index (χ0) is 16.3. The maximum Gasteiger partial charge on any atom is 0.410 e. The molecular formula is C18H33N3O2. The van der Waals surface area contributed by atoms with Crippen molar-refractivity contribution in [1.82, 2.24) is 15.1 Å². The molecule has 3 fully saturated rings. The molecule has 0 bridgehead atoms. The average Bonchev–Trinajstić information content (AvgIpc) is 2.85. The van der Waals surface area contributed by atoms with Gasteiger partial charge in [-0.05, 0) is 44.2 Å². The second-order valence-electron chi connectivity index (χ2n) is 8.17. The molecule has 5 heteroatoms. The molecule has 3 aliphatic heterocycles. The van der Waals surface area contributed by atoms with E-state index >= 15 is 0 Å². The lowest BCUT2D eigenvalue weighted by atomic mass is 9.90. The molecule has 3 heterocycles. The van der Waals surface area contributed by atoms with Crippen LogP contribution in [0.15, 0.2) is 0 Å². The van der Waals surface area contributed by atoms with E-state index in [1.54, 1.807) is 0 Å². The van der Waals surface area contributed by atoms with Crippen LogP contribution >= 0.6 is 0 Å². The molecule has 0 unspecified atom stereocenters. The van der Waals surface area contributed by atoms with Crippen LogP contribution in [0, 0.1) is 11.8 Å². The first-order valence-corrected chi connectivity index (χ1v) is 9.47. The number of nitrogens with zero attached hydrogens (tertiary/aromatic N) is 2. The van der Waals surface area contributed by atoms with Crippen LogP contribution in [0.4, 0.5) is 4.79 Å². The Bertz CT molecular complexity index is 399. The second kappa shape index (κ2) is 7.39. The summed E-state index contributed by atoms with van der Waals surface area (Å²) in [5.74, 6) is 1.43. The third-order valence-electron chi connectivity index (χ3n) is 5.70. The van der Waals surface area contributed by atoms with Crippen molar-refractivity contribution in [2.75, 3.05) is 45.8 Å². The van der Waals surface area contributed by atoms with Crippen molar-refractivity contribution in [2.45, 2.75) is 51.6 Å². The highest BCUT2D eigenvalue weighted by Gasteiger charge is 2.46. The van der Waals surface area contributed by atoms with E-state index in [0.717, 1.165) is 51.4 Å². The van der Waals surface area contributed by atoms with E-state index < -0.39 is 0 Å². The van der Waals surface area contributed by atoms with E-state index in [1.807, 2.05) is 4.90 Å². The van der Waals surface area contributed by atoms with Gasteiger partial charge in [0, 0.05) is 39.0 Å². The number of piperidine rings is 2. The molecule has 132 valence electrons. The van der Waals surface area contributed by atoms with Gasteiger partial charge in [-0.3, -0.25) is 0 Å². The number of nitrogens with one attached hydrogen (secondary N) is 1. The molecule has 1 amide bonds. The predicted octanol–water partition coefficient (Wildman–Crippen LogP) is 2.32. The third kappa shape index (κ3) is 4.38. The fraction of sp³-hybridized carbons (Fsp3) is 0.944. The number of ether oxygens (including phenoxy) is 1. The summed E-state index contributed by atoms with van der Waals surface area (Å²) in [7, 11) is 0. The van der Waals surface area contributed by atoms with Gasteiger partial charge in [0.15, 0.2) is 0 Å². The van der Waals surface area contributed by atoms with E-state index in [9.17, 15) is 4.79 Å². The Morgan fingerprint density at radius 1 is 1.35 bits per heavy atom. The molecule has 0 aromatic rings. The van der Waals surface area contributed by atoms with E-state index in [1.165, 1.54) is 32.5 Å². The molecule has 3 aliphatic rings. The lowest BCUT2D eigenvalue weighted by Crippen LogP contribution is -2.49. The van der Waals surface area contributed by atoms with Gasteiger partial charge in [0.25, 0.3) is 0 Å². The summed E-state index contributed by atoms with van der Waals surface area (Å²) in [6, 6.07) is 0. The van der Waals surface area contributed by atoms with Crippen LogP contribution in [0.5, 0.6) is 0 Å². The van der Waals surface area contributed by atoms with Crippen molar-refractivity contribution in [1.29, 1.82) is 0 Å². The maximum atomic E-state index is 12.1. The van der Waals surface area contributed by atoms with Crippen molar-refractivity contribution in [3.63, 3.8) is 0 Å².